The Balaban J connectivity index is 1.44. The number of amides is 3. The van der Waals surface area contributed by atoms with Gasteiger partial charge in [-0.2, -0.15) is 0 Å². The third-order valence-corrected chi connectivity index (χ3v) is 6.42. The molecule has 2 aliphatic rings. The number of nitrogens with one attached hydrogen (secondary N) is 1. The van der Waals surface area contributed by atoms with E-state index in [9.17, 15) is 9.59 Å². The number of hydrogen-bond donors (Lipinski definition) is 1. The molecule has 1 saturated heterocycles. The maximum absolute atomic E-state index is 13.1. The number of benzene rings is 1. The van der Waals surface area contributed by atoms with Gasteiger partial charge in [0, 0.05) is 31.1 Å². The maximum Gasteiger partial charge on any atom is 0.323 e. The van der Waals surface area contributed by atoms with E-state index in [0.717, 1.165) is 37.9 Å². The highest BCUT2D eigenvalue weighted by Gasteiger charge is 2.28. The zero-order valence-corrected chi connectivity index (χ0v) is 17.0. The van der Waals surface area contributed by atoms with Crippen LogP contribution in [-0.2, 0) is 24.1 Å². The van der Waals surface area contributed by atoms with E-state index in [1.165, 1.54) is 22.5 Å². The van der Waals surface area contributed by atoms with Gasteiger partial charge >= 0.3 is 6.03 Å². The molecule has 148 valence electrons. The molecule has 1 aliphatic heterocycles. The van der Waals surface area contributed by atoms with E-state index in [-0.39, 0.29) is 18.0 Å². The number of carbonyl (C=O) groups excluding carboxylic acids is 2. The average Bonchev–Trinajstić information content (AvgIpc) is 3.34. The first-order valence-electron chi connectivity index (χ1n) is 10.0. The van der Waals surface area contributed by atoms with Crippen LogP contribution in [0.3, 0.4) is 0 Å². The summed E-state index contributed by atoms with van der Waals surface area (Å²) in [5, 5.41) is 5.36. The van der Waals surface area contributed by atoms with Crippen molar-refractivity contribution in [3.05, 3.63) is 46.5 Å². The van der Waals surface area contributed by atoms with Crippen LogP contribution >= 0.6 is 11.3 Å². The number of thiazole rings is 1. The third kappa shape index (κ3) is 3.90. The fourth-order valence-corrected chi connectivity index (χ4v) is 4.96. The molecule has 0 radical (unpaired) electrons. The second kappa shape index (κ2) is 8.31. The Bertz CT molecular complexity index is 866. The van der Waals surface area contributed by atoms with Gasteiger partial charge in [-0.15, -0.1) is 11.3 Å². The molecule has 2 heterocycles. The number of nitrogens with zero attached hydrogens (tertiary/aromatic N) is 3. The van der Waals surface area contributed by atoms with Gasteiger partial charge in [-0.25, -0.2) is 9.78 Å². The van der Waals surface area contributed by atoms with Gasteiger partial charge in [-0.05, 0) is 36.8 Å². The van der Waals surface area contributed by atoms with Crippen molar-refractivity contribution < 1.29 is 9.59 Å². The Hall–Kier alpha value is -2.41. The van der Waals surface area contributed by atoms with Crippen LogP contribution in [0.5, 0.6) is 0 Å². The topological polar surface area (TPSA) is 65.5 Å². The van der Waals surface area contributed by atoms with Gasteiger partial charge in [0.15, 0.2) is 5.13 Å². The highest BCUT2D eigenvalue weighted by Crippen LogP contribution is 2.26. The first kappa shape index (κ1) is 18.9. The van der Waals surface area contributed by atoms with E-state index in [0.29, 0.717) is 24.6 Å². The van der Waals surface area contributed by atoms with Gasteiger partial charge in [-0.1, -0.05) is 31.2 Å². The van der Waals surface area contributed by atoms with Crippen molar-refractivity contribution in [1.82, 2.24) is 15.2 Å². The van der Waals surface area contributed by atoms with Crippen LogP contribution in [0.4, 0.5) is 9.93 Å². The molecule has 6 nitrogen and oxygen atoms in total. The molecule has 7 heteroatoms. The molecule has 3 amide bonds. The number of rotatable bonds is 6. The van der Waals surface area contributed by atoms with Gasteiger partial charge in [0.2, 0.25) is 5.91 Å². The molecule has 0 bridgehead atoms. The smallest absolute Gasteiger partial charge is 0.323 e. The summed E-state index contributed by atoms with van der Waals surface area (Å²) >= 11 is 1.43. The number of aryl methyl sites for hydroxylation is 1. The summed E-state index contributed by atoms with van der Waals surface area (Å²) in [5.74, 6) is 0.133. The normalized spacial score (nSPS) is 18.7. The minimum Gasteiger partial charge on any atom is -0.339 e. The first-order valence-corrected chi connectivity index (χ1v) is 10.9. The summed E-state index contributed by atoms with van der Waals surface area (Å²) in [5.41, 5.74) is 3.53. The van der Waals surface area contributed by atoms with Crippen molar-refractivity contribution in [3.63, 3.8) is 0 Å². The number of carbonyl (C=O) groups is 2. The molecular formula is C21H26N4O2S. The third-order valence-electron chi connectivity index (χ3n) is 5.51. The molecule has 1 fully saturated rings. The molecular weight excluding hydrogens is 372 g/mol. The molecule has 0 spiro atoms. The highest BCUT2D eigenvalue weighted by atomic mass is 32.1. The highest BCUT2D eigenvalue weighted by molar-refractivity contribution is 7.14. The van der Waals surface area contributed by atoms with Crippen LogP contribution in [0.1, 0.15) is 36.6 Å². The largest absolute Gasteiger partial charge is 0.339 e. The van der Waals surface area contributed by atoms with Gasteiger partial charge in [0.25, 0.3) is 0 Å². The quantitative estimate of drug-likeness (QED) is 0.813. The van der Waals surface area contributed by atoms with Crippen LogP contribution < -0.4 is 10.2 Å². The van der Waals surface area contributed by atoms with Crippen molar-refractivity contribution in [2.45, 2.75) is 45.1 Å². The predicted molar refractivity (Wildman–Crippen MR) is 111 cm³/mol. The van der Waals surface area contributed by atoms with Gasteiger partial charge < -0.3 is 10.2 Å². The Labute approximate surface area is 169 Å². The molecule has 1 aliphatic carbocycles. The Morgan fingerprint density at radius 1 is 1.36 bits per heavy atom. The molecule has 4 rings (SSSR count). The summed E-state index contributed by atoms with van der Waals surface area (Å²) in [7, 11) is 0. The lowest BCUT2D eigenvalue weighted by molar-refractivity contribution is -0.133. The molecule has 1 N–H and O–H groups in total. The molecule has 0 saturated carbocycles. The summed E-state index contributed by atoms with van der Waals surface area (Å²) in [6.07, 6.45) is 4.21. The monoisotopic (exact) mass is 398 g/mol. The summed E-state index contributed by atoms with van der Waals surface area (Å²) in [4.78, 5) is 33.2. The van der Waals surface area contributed by atoms with Crippen LogP contribution in [0, 0.1) is 0 Å². The van der Waals surface area contributed by atoms with Crippen molar-refractivity contribution in [3.8, 4) is 0 Å². The fourth-order valence-electron chi connectivity index (χ4n) is 4.11. The van der Waals surface area contributed by atoms with Crippen LogP contribution in [0.15, 0.2) is 29.6 Å². The Kier molecular flexibility index (Phi) is 5.62. The van der Waals surface area contributed by atoms with E-state index in [1.807, 2.05) is 5.38 Å². The second-order valence-electron chi connectivity index (χ2n) is 7.43. The molecule has 1 unspecified atom stereocenters. The lowest BCUT2D eigenvalue weighted by Crippen LogP contribution is -2.44. The number of fused-ring (bicyclic) bond motifs is 1. The summed E-state index contributed by atoms with van der Waals surface area (Å²) < 4.78 is 0. The van der Waals surface area contributed by atoms with Crippen molar-refractivity contribution in [1.29, 1.82) is 0 Å². The van der Waals surface area contributed by atoms with Gasteiger partial charge in [0.1, 0.15) is 0 Å². The first-order chi connectivity index (χ1) is 13.7. The number of urea groups is 1. The van der Waals surface area contributed by atoms with Crippen LogP contribution in [-0.4, -0.2) is 47.5 Å². The van der Waals surface area contributed by atoms with Crippen molar-refractivity contribution in [2.75, 3.05) is 24.5 Å². The van der Waals surface area contributed by atoms with E-state index in [2.05, 4.69) is 46.4 Å². The van der Waals surface area contributed by atoms with E-state index in [1.54, 1.807) is 4.90 Å². The molecule has 2 aromatic rings. The number of aromatic nitrogens is 1. The minimum absolute atomic E-state index is 0.110. The fraction of sp³-hybridized carbons (Fsp3) is 0.476. The Morgan fingerprint density at radius 2 is 2.18 bits per heavy atom. The van der Waals surface area contributed by atoms with Crippen molar-refractivity contribution in [2.24, 2.45) is 0 Å². The van der Waals surface area contributed by atoms with Crippen LogP contribution in [0.2, 0.25) is 0 Å². The second-order valence-corrected chi connectivity index (χ2v) is 8.27. The average molecular weight is 399 g/mol. The molecule has 28 heavy (non-hydrogen) atoms. The van der Waals surface area contributed by atoms with E-state index in [4.69, 9.17) is 0 Å². The Morgan fingerprint density at radius 3 is 2.93 bits per heavy atom. The predicted octanol–water partition coefficient (Wildman–Crippen LogP) is 3.01. The number of anilines is 1. The van der Waals surface area contributed by atoms with Crippen molar-refractivity contribution >= 4 is 28.4 Å². The summed E-state index contributed by atoms with van der Waals surface area (Å²) in [6.45, 7) is 4.16. The molecule has 1 aromatic carbocycles. The zero-order chi connectivity index (χ0) is 19.5. The summed E-state index contributed by atoms with van der Waals surface area (Å²) in [6, 6.07) is 8.70. The van der Waals surface area contributed by atoms with Gasteiger partial charge in [0.05, 0.1) is 12.1 Å². The van der Waals surface area contributed by atoms with E-state index < -0.39 is 0 Å². The maximum atomic E-state index is 13.1. The lowest BCUT2D eigenvalue weighted by atomic mass is 9.87. The standard InChI is InChI=1S/C21H26N4O2S/c1-2-10-24(18-8-7-15-5-3-4-6-16(15)12-18)19(26)13-17-14-28-21(23-17)25-11-9-22-20(25)27/h3-6,14,18H,2,7-13H2,1H3,(H,22,27). The lowest BCUT2D eigenvalue weighted by Gasteiger charge is -2.35. The molecule has 1 atom stereocenters. The zero-order valence-electron chi connectivity index (χ0n) is 16.2. The minimum atomic E-state index is -0.110. The number of hydrogen-bond acceptors (Lipinski definition) is 4. The van der Waals surface area contributed by atoms with E-state index >= 15 is 0 Å². The SMILES string of the molecule is CCCN(C(=O)Cc1csc(N2CCNC2=O)n1)C1CCc2ccccc2C1. The van der Waals surface area contributed by atoms with Gasteiger partial charge in [-0.3, -0.25) is 9.69 Å². The van der Waals surface area contributed by atoms with Crippen LogP contribution in [0.25, 0.3) is 0 Å². The molecule has 1 aromatic heterocycles.